The van der Waals surface area contributed by atoms with E-state index in [4.69, 9.17) is 4.74 Å². The van der Waals surface area contributed by atoms with Crippen LogP contribution in [0.4, 0.5) is 11.4 Å². The first-order valence-corrected chi connectivity index (χ1v) is 6.56. The van der Waals surface area contributed by atoms with Gasteiger partial charge in [-0.3, -0.25) is 14.9 Å². The van der Waals surface area contributed by atoms with E-state index in [1.807, 2.05) is 0 Å². The van der Waals surface area contributed by atoms with Crippen LogP contribution in [-0.2, 0) is 4.79 Å². The first-order valence-electron chi connectivity index (χ1n) is 6.56. The Morgan fingerprint density at radius 1 is 1.50 bits per heavy atom. The number of amides is 1. The number of rotatable bonds is 5. The summed E-state index contributed by atoms with van der Waals surface area (Å²) in [6, 6.07) is 4.08. The number of anilines is 1. The molecule has 0 radical (unpaired) electrons. The van der Waals surface area contributed by atoms with Gasteiger partial charge in [-0.1, -0.05) is 0 Å². The second kappa shape index (κ2) is 6.23. The summed E-state index contributed by atoms with van der Waals surface area (Å²) < 4.78 is 5.31. The third kappa shape index (κ3) is 3.37. The van der Waals surface area contributed by atoms with Gasteiger partial charge in [-0.05, 0) is 19.8 Å². The van der Waals surface area contributed by atoms with Crippen LogP contribution in [0.3, 0.4) is 0 Å². The summed E-state index contributed by atoms with van der Waals surface area (Å²) in [5.74, 6) is 0.334. The number of benzene rings is 1. The highest BCUT2D eigenvalue weighted by Gasteiger charge is 2.22. The van der Waals surface area contributed by atoms with E-state index in [9.17, 15) is 14.9 Å². The topological polar surface area (TPSA) is 93.5 Å². The van der Waals surface area contributed by atoms with Crippen LogP contribution >= 0.6 is 0 Å². The lowest BCUT2D eigenvalue weighted by molar-refractivity contribution is -0.384. The van der Waals surface area contributed by atoms with Crippen molar-refractivity contribution in [1.82, 2.24) is 5.32 Å². The molecule has 0 aliphatic carbocycles. The van der Waals surface area contributed by atoms with Crippen molar-refractivity contribution in [3.63, 3.8) is 0 Å². The molecule has 1 atom stereocenters. The summed E-state index contributed by atoms with van der Waals surface area (Å²) >= 11 is 0. The Labute approximate surface area is 116 Å². The summed E-state index contributed by atoms with van der Waals surface area (Å²) in [6.07, 6.45) is 1.59. The number of nitrogens with zero attached hydrogens (tertiary/aromatic N) is 1. The number of hydrogen-bond donors (Lipinski definition) is 2. The molecule has 2 rings (SSSR count). The average molecular weight is 279 g/mol. The summed E-state index contributed by atoms with van der Waals surface area (Å²) in [5, 5.41) is 16.7. The molecular formula is C13H17N3O4. The van der Waals surface area contributed by atoms with E-state index in [1.165, 1.54) is 12.1 Å². The van der Waals surface area contributed by atoms with E-state index in [0.29, 0.717) is 31.0 Å². The number of carbonyl (C=O) groups excluding carboxylic acids is 1. The SMILES string of the molecule is CCOc1cc(NC2CCCNC2=O)cc([N+](=O)[O-])c1. The van der Waals surface area contributed by atoms with Crippen LogP contribution in [0.1, 0.15) is 19.8 Å². The van der Waals surface area contributed by atoms with Gasteiger partial charge in [-0.25, -0.2) is 0 Å². The van der Waals surface area contributed by atoms with Crippen LogP contribution in [-0.4, -0.2) is 30.0 Å². The molecule has 0 spiro atoms. The van der Waals surface area contributed by atoms with E-state index in [-0.39, 0.29) is 17.6 Å². The van der Waals surface area contributed by atoms with E-state index >= 15 is 0 Å². The van der Waals surface area contributed by atoms with Gasteiger partial charge < -0.3 is 15.4 Å². The van der Waals surface area contributed by atoms with Gasteiger partial charge >= 0.3 is 0 Å². The first-order chi connectivity index (χ1) is 9.60. The van der Waals surface area contributed by atoms with E-state index in [0.717, 1.165) is 6.42 Å². The number of ether oxygens (including phenoxy) is 1. The Kier molecular flexibility index (Phi) is 4.39. The molecule has 1 aromatic rings. The molecule has 1 aromatic carbocycles. The number of nitro benzene ring substituents is 1. The van der Waals surface area contributed by atoms with Crippen molar-refractivity contribution in [3.8, 4) is 5.75 Å². The van der Waals surface area contributed by atoms with Crippen molar-refractivity contribution < 1.29 is 14.5 Å². The lowest BCUT2D eigenvalue weighted by atomic mass is 10.1. The zero-order chi connectivity index (χ0) is 14.5. The Morgan fingerprint density at radius 2 is 2.30 bits per heavy atom. The van der Waals surface area contributed by atoms with Crippen LogP contribution in [0.25, 0.3) is 0 Å². The quantitative estimate of drug-likeness (QED) is 0.632. The second-order valence-corrected chi connectivity index (χ2v) is 4.54. The highest BCUT2D eigenvalue weighted by atomic mass is 16.6. The predicted octanol–water partition coefficient (Wildman–Crippen LogP) is 1.68. The number of hydrogen-bond acceptors (Lipinski definition) is 5. The summed E-state index contributed by atoms with van der Waals surface area (Å²) in [5.41, 5.74) is 0.458. The Hall–Kier alpha value is -2.31. The van der Waals surface area contributed by atoms with Gasteiger partial charge in [-0.15, -0.1) is 0 Å². The van der Waals surface area contributed by atoms with E-state index < -0.39 is 4.92 Å². The molecule has 0 saturated carbocycles. The van der Waals surface area contributed by atoms with Crippen LogP contribution in [0.5, 0.6) is 5.75 Å². The Bertz CT molecular complexity index is 518. The van der Waals surface area contributed by atoms with Crippen molar-refractivity contribution in [2.75, 3.05) is 18.5 Å². The van der Waals surface area contributed by atoms with Crippen LogP contribution in [0.15, 0.2) is 18.2 Å². The maximum absolute atomic E-state index is 11.7. The standard InChI is InChI=1S/C13H17N3O4/c1-2-20-11-7-9(6-10(8-11)16(18)19)15-12-4-3-5-14-13(12)17/h6-8,12,15H,2-5H2,1H3,(H,14,17). The molecule has 1 fully saturated rings. The smallest absolute Gasteiger partial charge is 0.275 e. The van der Waals surface area contributed by atoms with Crippen LogP contribution in [0.2, 0.25) is 0 Å². The van der Waals surface area contributed by atoms with Crippen LogP contribution in [0, 0.1) is 10.1 Å². The molecular weight excluding hydrogens is 262 g/mol. The zero-order valence-corrected chi connectivity index (χ0v) is 11.2. The molecule has 1 aliphatic heterocycles. The van der Waals surface area contributed by atoms with E-state index in [2.05, 4.69) is 10.6 Å². The van der Waals surface area contributed by atoms with Crippen molar-refractivity contribution in [3.05, 3.63) is 28.3 Å². The number of non-ortho nitro benzene ring substituents is 1. The molecule has 2 N–H and O–H groups in total. The van der Waals surface area contributed by atoms with Gasteiger partial charge in [0.2, 0.25) is 5.91 Å². The minimum absolute atomic E-state index is 0.0605. The summed E-state index contributed by atoms with van der Waals surface area (Å²) in [4.78, 5) is 22.1. The molecule has 1 unspecified atom stereocenters. The van der Waals surface area contributed by atoms with Gasteiger partial charge in [-0.2, -0.15) is 0 Å². The summed E-state index contributed by atoms with van der Waals surface area (Å²) in [7, 11) is 0. The first kappa shape index (κ1) is 14.1. The van der Waals surface area contributed by atoms with Gasteiger partial charge in [0.1, 0.15) is 11.8 Å². The largest absolute Gasteiger partial charge is 0.494 e. The third-order valence-electron chi connectivity index (χ3n) is 3.04. The highest BCUT2D eigenvalue weighted by molar-refractivity contribution is 5.85. The lowest BCUT2D eigenvalue weighted by Gasteiger charge is -2.23. The van der Waals surface area contributed by atoms with Gasteiger partial charge in [0.25, 0.3) is 5.69 Å². The fraction of sp³-hybridized carbons (Fsp3) is 0.462. The second-order valence-electron chi connectivity index (χ2n) is 4.54. The molecule has 7 nitrogen and oxygen atoms in total. The third-order valence-corrected chi connectivity index (χ3v) is 3.04. The van der Waals surface area contributed by atoms with Gasteiger partial charge in [0.15, 0.2) is 0 Å². The fourth-order valence-corrected chi connectivity index (χ4v) is 2.13. The molecule has 108 valence electrons. The molecule has 0 bridgehead atoms. The molecule has 1 aliphatic rings. The average Bonchev–Trinajstić information content (AvgIpc) is 2.41. The normalized spacial score (nSPS) is 18.2. The minimum atomic E-state index is -0.478. The van der Waals surface area contributed by atoms with Gasteiger partial charge in [0.05, 0.1) is 17.6 Å². The van der Waals surface area contributed by atoms with Crippen molar-refractivity contribution >= 4 is 17.3 Å². The summed E-state index contributed by atoms with van der Waals surface area (Å²) in [6.45, 7) is 2.90. The molecule has 1 amide bonds. The highest BCUT2D eigenvalue weighted by Crippen LogP contribution is 2.27. The number of nitro groups is 1. The molecule has 1 saturated heterocycles. The number of carbonyl (C=O) groups is 1. The monoisotopic (exact) mass is 279 g/mol. The zero-order valence-electron chi connectivity index (χ0n) is 11.2. The Balaban J connectivity index is 2.20. The molecule has 1 heterocycles. The van der Waals surface area contributed by atoms with Crippen LogP contribution < -0.4 is 15.4 Å². The van der Waals surface area contributed by atoms with Gasteiger partial charge in [0, 0.05) is 24.4 Å². The van der Waals surface area contributed by atoms with E-state index in [1.54, 1.807) is 13.0 Å². The van der Waals surface area contributed by atoms with Crippen molar-refractivity contribution in [1.29, 1.82) is 0 Å². The number of nitrogens with one attached hydrogen (secondary N) is 2. The lowest BCUT2D eigenvalue weighted by Crippen LogP contribution is -2.44. The Morgan fingerprint density at radius 3 is 2.95 bits per heavy atom. The van der Waals surface area contributed by atoms with Crippen molar-refractivity contribution in [2.24, 2.45) is 0 Å². The minimum Gasteiger partial charge on any atom is -0.494 e. The maximum Gasteiger partial charge on any atom is 0.275 e. The van der Waals surface area contributed by atoms with Crippen molar-refractivity contribution in [2.45, 2.75) is 25.8 Å². The maximum atomic E-state index is 11.7. The molecule has 20 heavy (non-hydrogen) atoms. The molecule has 0 aromatic heterocycles. The number of piperidine rings is 1. The predicted molar refractivity (Wildman–Crippen MR) is 73.9 cm³/mol. The fourth-order valence-electron chi connectivity index (χ4n) is 2.13. The molecule has 7 heteroatoms.